The molecule has 0 amide bonds. The quantitative estimate of drug-likeness (QED) is 0.870. The molecule has 0 saturated heterocycles. The third-order valence-corrected chi connectivity index (χ3v) is 3.12. The highest BCUT2D eigenvalue weighted by molar-refractivity contribution is 5.69. The Hall–Kier alpha value is -2.08. The molecule has 0 unspecified atom stereocenters. The smallest absolute Gasteiger partial charge is 0.419 e. The first kappa shape index (κ1) is 15.3. The van der Waals surface area contributed by atoms with Gasteiger partial charge in [0, 0.05) is 6.54 Å². The van der Waals surface area contributed by atoms with E-state index >= 15 is 0 Å². The number of hydrogen-bond donors (Lipinski definition) is 1. The third kappa shape index (κ3) is 3.16. The van der Waals surface area contributed by atoms with Crippen LogP contribution in [0.2, 0.25) is 0 Å². The Morgan fingerprint density at radius 2 is 1.81 bits per heavy atom. The summed E-state index contributed by atoms with van der Waals surface area (Å²) in [6, 6.07) is 7.76. The van der Waals surface area contributed by atoms with Crippen LogP contribution in [0.15, 0.2) is 36.4 Å². The van der Waals surface area contributed by atoms with Crippen LogP contribution in [0.25, 0.3) is 11.1 Å². The normalized spacial score (nSPS) is 11.5. The van der Waals surface area contributed by atoms with Crippen molar-refractivity contribution >= 4 is 0 Å². The Balaban J connectivity index is 2.57. The van der Waals surface area contributed by atoms with Crippen LogP contribution in [0.4, 0.5) is 17.6 Å². The summed E-state index contributed by atoms with van der Waals surface area (Å²) in [6.07, 6.45) is -4.74. The molecule has 2 aromatic carbocycles. The molecule has 0 saturated carbocycles. The number of halogens is 4. The SMILES string of the molecule is COc1ccc(-c2ccc(F)c(C(F)(F)F)c2)c(CN)c1. The summed E-state index contributed by atoms with van der Waals surface area (Å²) < 4.78 is 56.6. The minimum atomic E-state index is -4.74. The number of nitrogens with two attached hydrogens (primary N) is 1. The molecule has 0 atom stereocenters. The second-order valence-electron chi connectivity index (χ2n) is 4.42. The maximum absolute atomic E-state index is 13.3. The molecule has 0 fully saturated rings. The minimum Gasteiger partial charge on any atom is -0.497 e. The summed E-state index contributed by atoms with van der Waals surface area (Å²) in [4.78, 5) is 0. The van der Waals surface area contributed by atoms with Crippen LogP contribution in [0.3, 0.4) is 0 Å². The zero-order valence-electron chi connectivity index (χ0n) is 11.2. The monoisotopic (exact) mass is 299 g/mol. The summed E-state index contributed by atoms with van der Waals surface area (Å²) >= 11 is 0. The fourth-order valence-electron chi connectivity index (χ4n) is 2.06. The van der Waals surface area contributed by atoms with Crippen molar-refractivity contribution in [1.82, 2.24) is 0 Å². The maximum atomic E-state index is 13.3. The molecule has 2 aromatic rings. The van der Waals surface area contributed by atoms with E-state index in [2.05, 4.69) is 0 Å². The lowest BCUT2D eigenvalue weighted by molar-refractivity contribution is -0.139. The molecule has 21 heavy (non-hydrogen) atoms. The molecule has 2 N–H and O–H groups in total. The number of methoxy groups -OCH3 is 1. The van der Waals surface area contributed by atoms with Crippen molar-refractivity contribution in [2.75, 3.05) is 7.11 Å². The van der Waals surface area contributed by atoms with Gasteiger partial charge in [-0.25, -0.2) is 4.39 Å². The van der Waals surface area contributed by atoms with E-state index in [1.807, 2.05) is 0 Å². The largest absolute Gasteiger partial charge is 0.497 e. The summed E-state index contributed by atoms with van der Waals surface area (Å²) in [5.41, 5.74) is 5.71. The average molecular weight is 299 g/mol. The third-order valence-electron chi connectivity index (χ3n) is 3.12. The van der Waals surface area contributed by atoms with Gasteiger partial charge in [-0.2, -0.15) is 13.2 Å². The molecule has 0 heterocycles. The van der Waals surface area contributed by atoms with Gasteiger partial charge in [0.2, 0.25) is 0 Å². The van der Waals surface area contributed by atoms with Crippen LogP contribution in [-0.2, 0) is 12.7 Å². The van der Waals surface area contributed by atoms with Crippen molar-refractivity contribution in [1.29, 1.82) is 0 Å². The number of hydrogen-bond acceptors (Lipinski definition) is 2. The van der Waals surface area contributed by atoms with Crippen LogP contribution < -0.4 is 10.5 Å². The van der Waals surface area contributed by atoms with Crippen LogP contribution in [-0.4, -0.2) is 7.11 Å². The van der Waals surface area contributed by atoms with E-state index < -0.39 is 17.6 Å². The summed E-state index contributed by atoms with van der Waals surface area (Å²) in [5.74, 6) is -0.744. The summed E-state index contributed by atoms with van der Waals surface area (Å²) in [5, 5.41) is 0. The molecule has 2 rings (SSSR count). The number of rotatable bonds is 3. The molecule has 0 radical (unpaired) electrons. The Labute approximate surface area is 119 Å². The van der Waals surface area contributed by atoms with Crippen molar-refractivity contribution in [2.24, 2.45) is 5.73 Å². The molecule has 0 spiro atoms. The van der Waals surface area contributed by atoms with Crippen LogP contribution >= 0.6 is 0 Å². The lowest BCUT2D eigenvalue weighted by Gasteiger charge is -2.13. The molecule has 6 heteroatoms. The molecule has 0 aliphatic carbocycles. The zero-order valence-corrected chi connectivity index (χ0v) is 11.2. The van der Waals surface area contributed by atoms with Gasteiger partial charge in [-0.05, 0) is 41.0 Å². The predicted molar refractivity (Wildman–Crippen MR) is 71.3 cm³/mol. The number of ether oxygens (including phenoxy) is 1. The van der Waals surface area contributed by atoms with Crippen LogP contribution in [0, 0.1) is 5.82 Å². The fourth-order valence-corrected chi connectivity index (χ4v) is 2.06. The van der Waals surface area contributed by atoms with Gasteiger partial charge in [0.25, 0.3) is 0 Å². The van der Waals surface area contributed by atoms with Crippen LogP contribution in [0.5, 0.6) is 5.75 Å². The number of alkyl halides is 3. The van der Waals surface area contributed by atoms with Gasteiger partial charge in [-0.1, -0.05) is 12.1 Å². The highest BCUT2D eigenvalue weighted by Gasteiger charge is 2.34. The van der Waals surface area contributed by atoms with Crippen molar-refractivity contribution < 1.29 is 22.3 Å². The second kappa shape index (κ2) is 5.73. The number of benzene rings is 2. The molecular formula is C15H13F4NO. The minimum absolute atomic E-state index is 0.130. The highest BCUT2D eigenvalue weighted by Crippen LogP contribution is 2.35. The van der Waals surface area contributed by atoms with E-state index in [4.69, 9.17) is 10.5 Å². The Kier molecular flexibility index (Phi) is 4.18. The first-order chi connectivity index (χ1) is 9.86. The van der Waals surface area contributed by atoms with Crippen molar-refractivity contribution in [3.05, 3.63) is 53.3 Å². The summed E-state index contributed by atoms with van der Waals surface area (Å²) in [7, 11) is 1.48. The van der Waals surface area contributed by atoms with E-state index in [-0.39, 0.29) is 12.1 Å². The van der Waals surface area contributed by atoms with E-state index in [1.54, 1.807) is 18.2 Å². The van der Waals surface area contributed by atoms with Gasteiger partial charge >= 0.3 is 6.18 Å². The Bertz CT molecular complexity index is 653. The molecule has 112 valence electrons. The van der Waals surface area contributed by atoms with Crippen LogP contribution in [0.1, 0.15) is 11.1 Å². The standard InChI is InChI=1S/C15H13F4NO/c1-21-11-3-4-12(10(6-11)8-20)9-2-5-14(16)13(7-9)15(17,18)19/h2-7H,8,20H2,1H3. The Morgan fingerprint density at radius 3 is 2.38 bits per heavy atom. The highest BCUT2D eigenvalue weighted by atomic mass is 19.4. The van der Waals surface area contributed by atoms with Crippen molar-refractivity contribution in [3.63, 3.8) is 0 Å². The topological polar surface area (TPSA) is 35.2 Å². The van der Waals surface area contributed by atoms with E-state index in [1.165, 1.54) is 13.2 Å². The first-order valence-corrected chi connectivity index (χ1v) is 6.11. The summed E-state index contributed by atoms with van der Waals surface area (Å²) in [6.45, 7) is 0.130. The maximum Gasteiger partial charge on any atom is 0.419 e. The van der Waals surface area contributed by atoms with Crippen molar-refractivity contribution in [2.45, 2.75) is 12.7 Å². The van der Waals surface area contributed by atoms with Gasteiger partial charge in [0.1, 0.15) is 11.6 Å². The fraction of sp³-hybridized carbons (Fsp3) is 0.200. The predicted octanol–water partition coefficient (Wildman–Crippen LogP) is 3.98. The van der Waals surface area contributed by atoms with Gasteiger partial charge in [-0.15, -0.1) is 0 Å². The first-order valence-electron chi connectivity index (χ1n) is 6.11. The van der Waals surface area contributed by atoms with E-state index in [0.29, 0.717) is 16.9 Å². The lowest BCUT2D eigenvalue weighted by Crippen LogP contribution is -2.08. The molecule has 0 aliphatic rings. The van der Waals surface area contributed by atoms with Crippen molar-refractivity contribution in [3.8, 4) is 16.9 Å². The van der Waals surface area contributed by atoms with Gasteiger partial charge in [-0.3, -0.25) is 0 Å². The second-order valence-corrected chi connectivity index (χ2v) is 4.42. The molecular weight excluding hydrogens is 286 g/mol. The average Bonchev–Trinajstić information content (AvgIpc) is 2.46. The molecule has 0 aliphatic heterocycles. The Morgan fingerprint density at radius 1 is 1.10 bits per heavy atom. The molecule has 2 nitrogen and oxygen atoms in total. The molecule has 0 bridgehead atoms. The van der Waals surface area contributed by atoms with Gasteiger partial charge < -0.3 is 10.5 Å². The van der Waals surface area contributed by atoms with Gasteiger partial charge in [0.15, 0.2) is 0 Å². The van der Waals surface area contributed by atoms with E-state index in [9.17, 15) is 17.6 Å². The van der Waals surface area contributed by atoms with E-state index in [0.717, 1.165) is 12.1 Å². The zero-order chi connectivity index (χ0) is 15.6. The van der Waals surface area contributed by atoms with Gasteiger partial charge in [0.05, 0.1) is 12.7 Å². The lowest BCUT2D eigenvalue weighted by atomic mass is 9.97. The molecule has 0 aromatic heterocycles.